The third-order valence-electron chi connectivity index (χ3n) is 2.05. The molecule has 0 saturated heterocycles. The maximum absolute atomic E-state index is 13.4. The van der Waals surface area contributed by atoms with Crippen molar-refractivity contribution in [3.05, 3.63) is 41.6 Å². The van der Waals surface area contributed by atoms with Crippen LogP contribution < -0.4 is 5.32 Å². The molecular formula is C11H9ClFN3S. The average Bonchev–Trinajstić information content (AvgIpc) is 2.34. The van der Waals surface area contributed by atoms with Crippen molar-refractivity contribution in [3.63, 3.8) is 0 Å². The lowest BCUT2D eigenvalue weighted by molar-refractivity contribution is 0.619. The Balaban J connectivity index is 2.27. The zero-order valence-electron chi connectivity index (χ0n) is 8.95. The van der Waals surface area contributed by atoms with Gasteiger partial charge in [-0.1, -0.05) is 6.07 Å². The normalized spacial score (nSPS) is 10.3. The number of anilines is 2. The summed E-state index contributed by atoms with van der Waals surface area (Å²) in [6.07, 6.45) is 3.01. The smallest absolute Gasteiger partial charge is 0.224 e. The van der Waals surface area contributed by atoms with Gasteiger partial charge in [0.15, 0.2) is 11.6 Å². The van der Waals surface area contributed by atoms with Crippen molar-refractivity contribution >= 4 is 34.9 Å². The van der Waals surface area contributed by atoms with E-state index in [9.17, 15) is 4.39 Å². The molecule has 3 nitrogen and oxygen atoms in total. The summed E-state index contributed by atoms with van der Waals surface area (Å²) in [6, 6.07) is 7.59. The second-order valence-electron chi connectivity index (χ2n) is 3.19. The second kappa shape index (κ2) is 5.33. The minimum atomic E-state index is -0.538. The third-order valence-corrected chi connectivity index (χ3v) is 2.95. The molecule has 0 saturated carbocycles. The van der Waals surface area contributed by atoms with Gasteiger partial charge in [-0.15, -0.1) is 11.8 Å². The topological polar surface area (TPSA) is 37.8 Å². The lowest BCUT2D eigenvalue weighted by Crippen LogP contribution is -1.98. The number of thioether (sulfide) groups is 1. The molecule has 88 valence electrons. The van der Waals surface area contributed by atoms with Gasteiger partial charge in [-0.25, -0.2) is 9.37 Å². The molecule has 1 heterocycles. The maximum Gasteiger partial charge on any atom is 0.224 e. The highest BCUT2D eigenvalue weighted by Crippen LogP contribution is 2.23. The molecule has 0 fully saturated rings. The maximum atomic E-state index is 13.4. The van der Waals surface area contributed by atoms with E-state index in [4.69, 9.17) is 11.6 Å². The van der Waals surface area contributed by atoms with Crippen LogP contribution in [0.4, 0.5) is 15.9 Å². The van der Waals surface area contributed by atoms with Crippen molar-refractivity contribution < 1.29 is 4.39 Å². The standard InChI is InChI=1S/C11H9ClFN3S/c1-17-8-4-2-3-7(5-8)15-10-9(13)6-14-11(12)16-10/h2-6H,1H3,(H,14,15,16). The fourth-order valence-corrected chi connectivity index (χ4v) is 1.86. The summed E-state index contributed by atoms with van der Waals surface area (Å²) in [4.78, 5) is 8.41. The highest BCUT2D eigenvalue weighted by atomic mass is 35.5. The lowest BCUT2D eigenvalue weighted by atomic mass is 10.3. The third kappa shape index (κ3) is 3.08. The molecule has 0 aliphatic rings. The molecule has 0 radical (unpaired) electrons. The van der Waals surface area contributed by atoms with Crippen LogP contribution >= 0.6 is 23.4 Å². The number of hydrogen-bond acceptors (Lipinski definition) is 4. The number of halogens is 2. The summed E-state index contributed by atoms with van der Waals surface area (Å²) in [5.41, 5.74) is 0.755. The zero-order valence-corrected chi connectivity index (χ0v) is 10.5. The Bertz CT molecular complexity index is 536. The number of hydrogen-bond donors (Lipinski definition) is 1. The SMILES string of the molecule is CSc1cccc(Nc2nc(Cl)ncc2F)c1. The van der Waals surface area contributed by atoms with E-state index in [1.54, 1.807) is 11.8 Å². The van der Waals surface area contributed by atoms with E-state index >= 15 is 0 Å². The molecule has 1 aromatic carbocycles. The summed E-state index contributed by atoms with van der Waals surface area (Å²) >= 11 is 7.22. The Morgan fingerprint density at radius 1 is 1.41 bits per heavy atom. The first-order valence-electron chi connectivity index (χ1n) is 4.78. The van der Waals surface area contributed by atoms with Crippen LogP contribution in [-0.4, -0.2) is 16.2 Å². The van der Waals surface area contributed by atoms with E-state index in [1.165, 1.54) is 0 Å². The first-order valence-corrected chi connectivity index (χ1v) is 6.38. The Kier molecular flexibility index (Phi) is 3.81. The molecule has 17 heavy (non-hydrogen) atoms. The minimum absolute atomic E-state index is 0.00919. The van der Waals surface area contributed by atoms with Crippen molar-refractivity contribution in [3.8, 4) is 0 Å². The van der Waals surface area contributed by atoms with E-state index in [2.05, 4.69) is 15.3 Å². The number of benzene rings is 1. The van der Waals surface area contributed by atoms with Crippen molar-refractivity contribution in [1.82, 2.24) is 9.97 Å². The second-order valence-corrected chi connectivity index (χ2v) is 4.41. The van der Waals surface area contributed by atoms with Crippen LogP contribution in [0.2, 0.25) is 5.28 Å². The fourth-order valence-electron chi connectivity index (χ4n) is 1.27. The van der Waals surface area contributed by atoms with Gasteiger partial charge in [-0.2, -0.15) is 4.98 Å². The average molecular weight is 270 g/mol. The van der Waals surface area contributed by atoms with Gasteiger partial charge < -0.3 is 5.32 Å². The molecule has 1 aromatic heterocycles. The van der Waals surface area contributed by atoms with Crippen molar-refractivity contribution in [2.75, 3.05) is 11.6 Å². The van der Waals surface area contributed by atoms with Gasteiger partial charge in [0.2, 0.25) is 5.28 Å². The summed E-state index contributed by atoms with van der Waals surface area (Å²) in [7, 11) is 0. The number of aromatic nitrogens is 2. The molecule has 0 aliphatic heterocycles. The van der Waals surface area contributed by atoms with Crippen LogP contribution in [0.3, 0.4) is 0 Å². The molecule has 2 rings (SSSR count). The fraction of sp³-hybridized carbons (Fsp3) is 0.0909. The first kappa shape index (κ1) is 12.1. The Morgan fingerprint density at radius 2 is 2.24 bits per heavy atom. The highest BCUT2D eigenvalue weighted by molar-refractivity contribution is 7.98. The van der Waals surface area contributed by atoms with E-state index in [-0.39, 0.29) is 11.1 Å². The number of nitrogens with zero attached hydrogens (tertiary/aromatic N) is 2. The molecule has 2 aromatic rings. The first-order chi connectivity index (χ1) is 8.19. The molecule has 0 unspecified atom stereocenters. The molecule has 0 atom stereocenters. The molecule has 0 spiro atoms. The zero-order chi connectivity index (χ0) is 12.3. The quantitative estimate of drug-likeness (QED) is 0.680. The molecule has 0 amide bonds. The number of nitrogens with one attached hydrogen (secondary N) is 1. The largest absolute Gasteiger partial charge is 0.338 e. The van der Waals surface area contributed by atoms with Gasteiger partial charge in [0.25, 0.3) is 0 Å². The highest BCUT2D eigenvalue weighted by Gasteiger charge is 2.06. The van der Waals surface area contributed by atoms with Gasteiger partial charge >= 0.3 is 0 Å². The summed E-state index contributed by atoms with van der Waals surface area (Å²) < 4.78 is 13.4. The Labute approximate surface area is 107 Å². The van der Waals surface area contributed by atoms with Crippen LogP contribution in [-0.2, 0) is 0 Å². The van der Waals surface area contributed by atoms with Gasteiger partial charge in [0.05, 0.1) is 6.20 Å². The van der Waals surface area contributed by atoms with Gasteiger partial charge in [-0.05, 0) is 36.1 Å². The molecule has 0 aliphatic carbocycles. The molecule has 0 bridgehead atoms. The van der Waals surface area contributed by atoms with Crippen LogP contribution in [0.5, 0.6) is 0 Å². The van der Waals surface area contributed by atoms with Gasteiger partial charge in [0.1, 0.15) is 0 Å². The van der Waals surface area contributed by atoms with Crippen molar-refractivity contribution in [2.45, 2.75) is 4.90 Å². The Morgan fingerprint density at radius 3 is 3.00 bits per heavy atom. The van der Waals surface area contributed by atoms with Crippen LogP contribution in [0, 0.1) is 5.82 Å². The van der Waals surface area contributed by atoms with E-state index < -0.39 is 5.82 Å². The van der Waals surface area contributed by atoms with Crippen molar-refractivity contribution in [1.29, 1.82) is 0 Å². The summed E-state index contributed by atoms with van der Waals surface area (Å²) in [5, 5.41) is 2.87. The van der Waals surface area contributed by atoms with Gasteiger partial charge in [0, 0.05) is 10.6 Å². The van der Waals surface area contributed by atoms with E-state index in [1.807, 2.05) is 30.5 Å². The van der Waals surface area contributed by atoms with Crippen LogP contribution in [0.25, 0.3) is 0 Å². The molecular weight excluding hydrogens is 261 g/mol. The predicted octanol–water partition coefficient (Wildman–Crippen LogP) is 3.73. The minimum Gasteiger partial charge on any atom is -0.338 e. The van der Waals surface area contributed by atoms with E-state index in [0.717, 1.165) is 16.8 Å². The van der Waals surface area contributed by atoms with Gasteiger partial charge in [-0.3, -0.25) is 0 Å². The summed E-state index contributed by atoms with van der Waals surface area (Å²) in [6.45, 7) is 0. The van der Waals surface area contributed by atoms with Crippen LogP contribution in [0.15, 0.2) is 35.4 Å². The monoisotopic (exact) mass is 269 g/mol. The molecule has 1 N–H and O–H groups in total. The van der Waals surface area contributed by atoms with E-state index in [0.29, 0.717) is 0 Å². The predicted molar refractivity (Wildman–Crippen MR) is 68.5 cm³/mol. The Hall–Kier alpha value is -1.33. The van der Waals surface area contributed by atoms with Crippen LogP contribution in [0.1, 0.15) is 0 Å². The summed E-state index contributed by atoms with van der Waals surface area (Å²) in [5.74, 6) is -0.466. The lowest BCUT2D eigenvalue weighted by Gasteiger charge is -2.07. The molecule has 6 heteroatoms. The number of rotatable bonds is 3. The van der Waals surface area contributed by atoms with Crippen molar-refractivity contribution in [2.24, 2.45) is 0 Å².